The number of pyridine rings is 1. The molecule has 2 rings (SSSR count). The second kappa shape index (κ2) is 4.26. The molecule has 0 unspecified atom stereocenters. The molecule has 6 heteroatoms. The number of hydrogen-bond acceptors (Lipinski definition) is 4. The van der Waals surface area contributed by atoms with Gasteiger partial charge in [-0.25, -0.2) is 8.42 Å². The fourth-order valence-electron chi connectivity index (χ4n) is 1.38. The molecule has 1 aromatic heterocycles. The smallest absolute Gasteiger partial charge is 0.266 e. The van der Waals surface area contributed by atoms with E-state index in [0.717, 1.165) is 17.3 Å². The number of rotatable bonds is 2. The van der Waals surface area contributed by atoms with Crippen LogP contribution in [0.3, 0.4) is 0 Å². The average molecular weight is 228 g/mol. The maximum Gasteiger partial charge on any atom is 0.266 e. The summed E-state index contributed by atoms with van der Waals surface area (Å²) in [5.74, 6) is 0. The quantitative estimate of drug-likeness (QED) is 0.751. The molecule has 0 amide bonds. The Bertz CT molecular complexity index is 412. The van der Waals surface area contributed by atoms with Gasteiger partial charge in [0, 0.05) is 18.9 Å². The SMILES string of the molecule is O=S(=O)(c1cccnc1)N1CCCCO1. The third kappa shape index (κ3) is 2.17. The lowest BCUT2D eigenvalue weighted by Crippen LogP contribution is -2.35. The van der Waals surface area contributed by atoms with Crippen LogP contribution in [0.1, 0.15) is 12.8 Å². The van der Waals surface area contributed by atoms with E-state index in [-0.39, 0.29) is 4.90 Å². The summed E-state index contributed by atoms with van der Waals surface area (Å²) in [5, 5.41) is 0. The summed E-state index contributed by atoms with van der Waals surface area (Å²) in [6, 6.07) is 3.11. The molecule has 0 bridgehead atoms. The van der Waals surface area contributed by atoms with E-state index in [2.05, 4.69) is 4.98 Å². The van der Waals surface area contributed by atoms with E-state index in [4.69, 9.17) is 4.84 Å². The van der Waals surface area contributed by atoms with Crippen molar-refractivity contribution in [3.8, 4) is 0 Å². The molecule has 0 spiro atoms. The molecular weight excluding hydrogens is 216 g/mol. The first-order valence-corrected chi connectivity index (χ1v) is 6.21. The zero-order chi connectivity index (χ0) is 10.7. The lowest BCUT2D eigenvalue weighted by atomic mass is 10.3. The van der Waals surface area contributed by atoms with E-state index in [1.807, 2.05) is 0 Å². The summed E-state index contributed by atoms with van der Waals surface area (Å²) in [6.45, 7) is 0.872. The zero-order valence-corrected chi connectivity index (χ0v) is 8.98. The topological polar surface area (TPSA) is 59.5 Å². The Morgan fingerprint density at radius 2 is 2.27 bits per heavy atom. The van der Waals surface area contributed by atoms with Crippen molar-refractivity contribution in [1.29, 1.82) is 0 Å². The minimum absolute atomic E-state index is 0.173. The van der Waals surface area contributed by atoms with Gasteiger partial charge in [-0.3, -0.25) is 9.82 Å². The Labute approximate surface area is 88.7 Å². The van der Waals surface area contributed by atoms with Crippen molar-refractivity contribution in [2.45, 2.75) is 17.7 Å². The molecule has 0 N–H and O–H groups in total. The van der Waals surface area contributed by atoms with E-state index in [1.54, 1.807) is 6.07 Å². The minimum Gasteiger partial charge on any atom is -0.284 e. The molecule has 2 heterocycles. The summed E-state index contributed by atoms with van der Waals surface area (Å²) < 4.78 is 24.9. The Hall–Kier alpha value is -0.980. The monoisotopic (exact) mass is 228 g/mol. The van der Waals surface area contributed by atoms with Crippen molar-refractivity contribution in [3.05, 3.63) is 24.5 Å². The van der Waals surface area contributed by atoms with Gasteiger partial charge in [-0.1, -0.05) is 4.47 Å². The molecule has 0 aromatic carbocycles. The third-order valence-corrected chi connectivity index (χ3v) is 3.83. The van der Waals surface area contributed by atoms with Gasteiger partial charge in [-0.05, 0) is 25.0 Å². The first-order chi connectivity index (χ1) is 7.21. The minimum atomic E-state index is -3.51. The van der Waals surface area contributed by atoms with Gasteiger partial charge in [0.25, 0.3) is 10.0 Å². The van der Waals surface area contributed by atoms with Gasteiger partial charge in [0.05, 0.1) is 6.61 Å². The Morgan fingerprint density at radius 3 is 2.87 bits per heavy atom. The number of aromatic nitrogens is 1. The van der Waals surface area contributed by atoms with E-state index in [0.29, 0.717) is 13.2 Å². The summed E-state index contributed by atoms with van der Waals surface area (Å²) in [6.07, 6.45) is 4.60. The molecule has 15 heavy (non-hydrogen) atoms. The largest absolute Gasteiger partial charge is 0.284 e. The summed E-state index contributed by atoms with van der Waals surface area (Å²) in [7, 11) is -3.51. The van der Waals surface area contributed by atoms with E-state index < -0.39 is 10.0 Å². The molecule has 1 aliphatic heterocycles. The van der Waals surface area contributed by atoms with Crippen LogP contribution in [0.5, 0.6) is 0 Å². The lowest BCUT2D eigenvalue weighted by Gasteiger charge is -2.24. The van der Waals surface area contributed by atoms with E-state index >= 15 is 0 Å². The van der Waals surface area contributed by atoms with Gasteiger partial charge in [0.2, 0.25) is 0 Å². The van der Waals surface area contributed by atoms with Crippen LogP contribution < -0.4 is 0 Å². The van der Waals surface area contributed by atoms with E-state index in [9.17, 15) is 8.42 Å². The van der Waals surface area contributed by atoms with Crippen LogP contribution in [-0.2, 0) is 14.9 Å². The van der Waals surface area contributed by atoms with Gasteiger partial charge in [-0.15, -0.1) is 0 Å². The molecule has 1 aromatic rings. The predicted octanol–water partition coefficient (Wildman–Crippen LogP) is 0.798. The van der Waals surface area contributed by atoms with Crippen molar-refractivity contribution in [1.82, 2.24) is 9.45 Å². The molecule has 0 saturated carbocycles. The maximum atomic E-state index is 11.9. The number of hydrogen-bond donors (Lipinski definition) is 0. The summed E-state index contributed by atoms with van der Waals surface area (Å²) >= 11 is 0. The second-order valence-corrected chi connectivity index (χ2v) is 5.09. The standard InChI is InChI=1S/C9H12N2O3S/c12-15(13,9-4-3-5-10-8-9)11-6-1-2-7-14-11/h3-5,8H,1-2,6-7H2. The van der Waals surface area contributed by atoms with Crippen molar-refractivity contribution in [2.75, 3.05) is 13.2 Å². The highest BCUT2D eigenvalue weighted by molar-refractivity contribution is 7.89. The fourth-order valence-corrected chi connectivity index (χ4v) is 2.64. The number of sulfonamides is 1. The predicted molar refractivity (Wildman–Crippen MR) is 53.3 cm³/mol. The normalized spacial score (nSPS) is 18.9. The fraction of sp³-hybridized carbons (Fsp3) is 0.444. The average Bonchev–Trinajstić information content (AvgIpc) is 2.31. The highest BCUT2D eigenvalue weighted by atomic mass is 32.2. The molecule has 1 fully saturated rings. The Morgan fingerprint density at radius 1 is 1.40 bits per heavy atom. The third-order valence-electron chi connectivity index (χ3n) is 2.17. The first kappa shape index (κ1) is 10.5. The Kier molecular flexibility index (Phi) is 2.99. The van der Waals surface area contributed by atoms with Crippen LogP contribution in [0.25, 0.3) is 0 Å². The van der Waals surface area contributed by atoms with Gasteiger partial charge < -0.3 is 0 Å². The number of nitrogens with zero attached hydrogens (tertiary/aromatic N) is 2. The van der Waals surface area contributed by atoms with Crippen LogP contribution >= 0.6 is 0 Å². The van der Waals surface area contributed by atoms with Crippen LogP contribution in [0.4, 0.5) is 0 Å². The molecule has 1 aliphatic rings. The molecule has 5 nitrogen and oxygen atoms in total. The van der Waals surface area contributed by atoms with Gasteiger partial charge >= 0.3 is 0 Å². The second-order valence-electron chi connectivity index (χ2n) is 3.26. The van der Waals surface area contributed by atoms with Gasteiger partial charge in [0.1, 0.15) is 4.90 Å². The van der Waals surface area contributed by atoms with Crippen molar-refractivity contribution < 1.29 is 13.3 Å². The molecule has 82 valence electrons. The van der Waals surface area contributed by atoms with Crippen LogP contribution in [0, 0.1) is 0 Å². The molecular formula is C9H12N2O3S. The van der Waals surface area contributed by atoms with Gasteiger partial charge in [0.15, 0.2) is 0 Å². The molecule has 1 saturated heterocycles. The maximum absolute atomic E-state index is 11.9. The highest BCUT2D eigenvalue weighted by Crippen LogP contribution is 2.18. The van der Waals surface area contributed by atoms with Crippen LogP contribution in [0.15, 0.2) is 29.4 Å². The Balaban J connectivity index is 2.26. The van der Waals surface area contributed by atoms with Crippen LogP contribution in [-0.4, -0.2) is 31.0 Å². The highest BCUT2D eigenvalue weighted by Gasteiger charge is 2.27. The molecule has 0 aliphatic carbocycles. The van der Waals surface area contributed by atoms with Crippen molar-refractivity contribution in [2.24, 2.45) is 0 Å². The molecule has 0 radical (unpaired) electrons. The van der Waals surface area contributed by atoms with Crippen molar-refractivity contribution in [3.63, 3.8) is 0 Å². The van der Waals surface area contributed by atoms with Crippen molar-refractivity contribution >= 4 is 10.0 Å². The van der Waals surface area contributed by atoms with E-state index in [1.165, 1.54) is 18.5 Å². The van der Waals surface area contributed by atoms with Crippen LogP contribution in [0.2, 0.25) is 0 Å². The molecule has 0 atom stereocenters. The number of hydroxylamine groups is 1. The lowest BCUT2D eigenvalue weighted by molar-refractivity contribution is -0.108. The summed E-state index contributed by atoms with van der Waals surface area (Å²) in [4.78, 5) is 9.07. The first-order valence-electron chi connectivity index (χ1n) is 4.77. The zero-order valence-electron chi connectivity index (χ0n) is 8.17. The summed E-state index contributed by atoms with van der Waals surface area (Å²) in [5.41, 5.74) is 0. The van der Waals surface area contributed by atoms with Gasteiger partial charge in [-0.2, -0.15) is 0 Å².